The van der Waals surface area contributed by atoms with Crippen molar-refractivity contribution < 1.29 is 85.6 Å². The Morgan fingerprint density at radius 2 is 1.11 bits per heavy atom. The number of phenolic OH excluding ortho intramolecular Hbond substituents is 1. The van der Waals surface area contributed by atoms with E-state index >= 15 is 13.2 Å². The molecule has 0 radical (unpaired) electrons. The van der Waals surface area contributed by atoms with Gasteiger partial charge >= 0.3 is 6.18 Å². The fourth-order valence-electron chi connectivity index (χ4n) is 14.7. The van der Waals surface area contributed by atoms with E-state index in [0.29, 0.717) is 61.2 Å². The Morgan fingerprint density at radius 1 is 0.636 bits per heavy atom. The van der Waals surface area contributed by atoms with Crippen LogP contribution in [0.4, 0.5) is 43.9 Å². The number of aromatic nitrogens is 8. The molecule has 3 N–H and O–H groups in total. The molecule has 1 saturated carbocycles. The van der Waals surface area contributed by atoms with Crippen LogP contribution in [0.15, 0.2) is 109 Å². The Morgan fingerprint density at radius 3 is 1.60 bits per heavy atom. The van der Waals surface area contributed by atoms with Gasteiger partial charge in [0.15, 0.2) is 31.2 Å². The second-order valence-electron chi connectivity index (χ2n) is 29.4. The number of hydrogen-bond acceptors (Lipinski definition) is 14. The van der Waals surface area contributed by atoms with Gasteiger partial charge in [-0.15, -0.1) is 0 Å². The molecule has 0 unspecified atom stereocenters. The number of nitrogens with zero attached hydrogens (tertiary/aromatic N) is 8. The highest BCUT2D eigenvalue weighted by atomic mass is 35.5. The molecule has 3 aliphatic carbocycles. The Bertz CT molecular complexity index is 5840. The summed E-state index contributed by atoms with van der Waals surface area (Å²) in [6, 6.07) is 23.2. The number of rotatable bonds is 20. The molecule has 3 aliphatic rings. The van der Waals surface area contributed by atoms with Gasteiger partial charge in [0, 0.05) is 109 Å². The minimum Gasteiger partial charge on any atom is -0.508 e. The van der Waals surface area contributed by atoms with Crippen molar-refractivity contribution in [2.75, 3.05) is 12.5 Å². The summed E-state index contributed by atoms with van der Waals surface area (Å²) in [5.41, 5.74) is 1.18. The summed E-state index contributed by atoms with van der Waals surface area (Å²) in [5.74, 6) is -3.16. The van der Waals surface area contributed by atoms with Crippen molar-refractivity contribution in [3.8, 4) is 51.7 Å². The van der Waals surface area contributed by atoms with Gasteiger partial charge in [-0.3, -0.25) is 23.6 Å². The number of halogens is 11. The van der Waals surface area contributed by atoms with Gasteiger partial charge < -0.3 is 15.3 Å². The third-order valence-electron chi connectivity index (χ3n) is 19.1. The Kier molecular flexibility index (Phi) is 21.4. The van der Waals surface area contributed by atoms with Crippen LogP contribution in [0.25, 0.3) is 49.6 Å². The van der Waals surface area contributed by atoms with Gasteiger partial charge in [-0.25, -0.2) is 48.8 Å². The first-order valence-corrected chi connectivity index (χ1v) is 38.9. The summed E-state index contributed by atoms with van der Waals surface area (Å²) in [5, 5.41) is 43.7. The van der Waals surface area contributed by atoms with E-state index in [0.717, 1.165) is 59.1 Å². The number of alkyl halides is 5. The lowest BCUT2D eigenvalue weighted by Gasteiger charge is -2.21. The maximum absolute atomic E-state index is 15.5. The van der Waals surface area contributed by atoms with Gasteiger partial charge in [0.2, 0.25) is 0 Å². The summed E-state index contributed by atoms with van der Waals surface area (Å²) in [7, 11) is -4.06. The van der Waals surface area contributed by atoms with E-state index in [-0.39, 0.29) is 99.8 Å². The van der Waals surface area contributed by atoms with Gasteiger partial charge in [-0.2, -0.15) is 37.2 Å². The molecule has 13 rings (SSSR count). The number of benzene rings is 5. The van der Waals surface area contributed by atoms with Crippen LogP contribution in [-0.4, -0.2) is 107 Å². The molecule has 10 aromatic rings. The summed E-state index contributed by atoms with van der Waals surface area (Å²) >= 11 is 6.68. The highest BCUT2D eigenvalue weighted by Crippen LogP contribution is 2.68. The number of hydrogen-bond donors (Lipinski definition) is 3. The predicted octanol–water partition coefficient (Wildman–Crippen LogP) is 14.8. The highest BCUT2D eigenvalue weighted by Gasteiger charge is 2.68. The maximum atomic E-state index is 15.5. The van der Waals surface area contributed by atoms with E-state index in [1.807, 2.05) is 13.0 Å². The molecule has 5 aromatic heterocycles. The smallest absolute Gasteiger partial charge is 0.435 e. The number of carbonyl (C=O) groups is 2. The van der Waals surface area contributed by atoms with Crippen LogP contribution in [0, 0.1) is 58.7 Å². The van der Waals surface area contributed by atoms with Gasteiger partial charge in [0.05, 0.1) is 55.7 Å². The van der Waals surface area contributed by atoms with Crippen molar-refractivity contribution in [3.63, 3.8) is 0 Å². The topological polar surface area (TPSA) is 242 Å². The molecule has 5 aromatic carbocycles. The van der Waals surface area contributed by atoms with Crippen LogP contribution in [0.2, 0.25) is 5.02 Å². The lowest BCUT2D eigenvalue weighted by molar-refractivity contribution is -0.142. The molecule has 4 atom stereocenters. The number of Topliss-reactive ketones (excluding diaryl/α,β-unsaturated/α-hetero) is 2. The number of aliphatic hydroxyl groups is 2. The first kappa shape index (κ1) is 79.5. The molecule has 0 spiro atoms. The molecular formula is C80H71ClF10N8O9S2. The van der Waals surface area contributed by atoms with Crippen LogP contribution >= 0.6 is 11.6 Å². The highest BCUT2D eigenvalue weighted by molar-refractivity contribution is 7.90. The van der Waals surface area contributed by atoms with Crippen LogP contribution in [0.5, 0.6) is 5.75 Å². The minimum atomic E-state index is -5.08. The van der Waals surface area contributed by atoms with Crippen molar-refractivity contribution >= 4 is 70.2 Å². The first-order chi connectivity index (χ1) is 51.3. The number of ketones is 2. The molecule has 5 heterocycles. The molecule has 574 valence electrons. The van der Waals surface area contributed by atoms with Gasteiger partial charge in [-0.1, -0.05) is 41.1 Å². The fraction of sp³-hybridized carbons (Fsp3) is 0.338. The van der Waals surface area contributed by atoms with Crippen LogP contribution in [-0.2, 0) is 92.8 Å². The summed E-state index contributed by atoms with van der Waals surface area (Å²) in [6.07, 6.45) is -3.47. The Labute approximate surface area is 630 Å². The number of aryl methyl sites for hydroxylation is 2. The van der Waals surface area contributed by atoms with Crippen LogP contribution in [0.1, 0.15) is 151 Å². The number of phenols is 1. The summed E-state index contributed by atoms with van der Waals surface area (Å²) in [6.45, 7) is 6.83. The lowest BCUT2D eigenvalue weighted by Crippen LogP contribution is -2.24. The van der Waals surface area contributed by atoms with E-state index in [9.17, 15) is 72.5 Å². The van der Waals surface area contributed by atoms with Crippen LogP contribution < -0.4 is 0 Å². The monoisotopic (exact) mass is 1580 g/mol. The molecule has 0 saturated heterocycles. The van der Waals surface area contributed by atoms with Gasteiger partial charge in [-0.05, 0) is 185 Å². The first-order valence-electron chi connectivity index (χ1n) is 34.4. The SMILES string of the molecule is CC1=C(CC(=O)C[C@@H](Cc2cc(F)cc(F)c2)c2nc(C#CC(C)(C)O)ccc2-c2ccc(Cl)c3c(CS(C)(=O)=O)nn(C)c23)c2cc(O)ccc2C1.Cn1nc(CS(C)(=O)=O)c2c(F)ccc(-c3ccc(C#CC(C)(C)O)nc3[C@@H](CC(=O)Cn3nc(C(F)(F)F)c4c3C(F)(F)[C@@H]3C[C@H]43)Cc3cc(F)cc(F)c3)c21. The van der Waals surface area contributed by atoms with E-state index in [4.69, 9.17) is 16.6 Å². The third kappa shape index (κ3) is 17.6. The van der Waals surface area contributed by atoms with E-state index < -0.39 is 137 Å². The van der Waals surface area contributed by atoms with Gasteiger partial charge in [0.25, 0.3) is 5.92 Å². The second-order valence-corrected chi connectivity index (χ2v) is 34.1. The molecule has 0 aliphatic heterocycles. The largest absolute Gasteiger partial charge is 0.508 e. The average Bonchev–Trinajstić information content (AvgIpc) is 1.51. The van der Waals surface area contributed by atoms with E-state index in [2.05, 4.69) is 44.0 Å². The quantitative estimate of drug-likeness (QED) is 0.0475. The van der Waals surface area contributed by atoms with Crippen LogP contribution in [0.3, 0.4) is 0 Å². The lowest BCUT2D eigenvalue weighted by atomic mass is 9.84. The number of carbonyl (C=O) groups excluding carboxylic acids is 2. The number of fused-ring (bicyclic) bond motifs is 6. The average molecular weight is 1580 g/mol. The van der Waals surface area contributed by atoms with E-state index in [1.165, 1.54) is 69.8 Å². The molecule has 0 bridgehead atoms. The maximum Gasteiger partial charge on any atom is 0.435 e. The molecule has 17 nitrogen and oxygen atoms in total. The zero-order valence-electron chi connectivity index (χ0n) is 60.5. The van der Waals surface area contributed by atoms with Crippen molar-refractivity contribution in [1.82, 2.24) is 39.3 Å². The third-order valence-corrected chi connectivity index (χ3v) is 21.0. The minimum absolute atomic E-state index is 0.0163. The molecular weight excluding hydrogens is 1510 g/mol. The number of allylic oxidation sites excluding steroid dienone is 2. The number of aromatic hydroxyl groups is 1. The number of sulfone groups is 2. The predicted molar refractivity (Wildman–Crippen MR) is 392 cm³/mol. The summed E-state index contributed by atoms with van der Waals surface area (Å²) < 4.78 is 199. The van der Waals surface area contributed by atoms with Crippen molar-refractivity contribution in [3.05, 3.63) is 216 Å². The van der Waals surface area contributed by atoms with Gasteiger partial charge in [0.1, 0.15) is 75.4 Å². The van der Waals surface area contributed by atoms with E-state index in [1.54, 1.807) is 48.1 Å². The Hall–Kier alpha value is -10.0. The molecule has 0 amide bonds. The van der Waals surface area contributed by atoms with Crippen molar-refractivity contribution in [1.29, 1.82) is 0 Å². The fourth-order valence-corrected chi connectivity index (χ4v) is 16.4. The van der Waals surface area contributed by atoms with Crippen molar-refractivity contribution in [2.45, 2.75) is 139 Å². The molecule has 30 heteroatoms. The van der Waals surface area contributed by atoms with Crippen molar-refractivity contribution in [2.24, 2.45) is 20.0 Å². The normalized spacial score (nSPS) is 15.8. The second kappa shape index (κ2) is 29.7. The zero-order valence-corrected chi connectivity index (χ0v) is 62.9. The standard InChI is InChI=1S/C41H38ClF2N3O5S.C39H33F8N5O4S/c1-23-14-25-6-8-30(48)20-35(25)34(23)21-31(49)18-26(15-24-16-27(43)19-28(44)17-24)39-32(9-7-29(45-39)12-13-41(2,3)50)33-10-11-36(42)38-37(22-53(5,51)52)46-47(4)40(33)38;1-37(2,54)10-9-23-5-6-25(26-7-8-29(42)32-30(18-57(4,55)56)49-51(3)34(26)32)33(48-23)20(11-19-12-21(40)15-22(41)13-19)14-24(53)17-52-36-31(35(50-52)39(45,46)47)27-16-28(27)38(36,43)44/h6-11,16-17,19-20,26,48,50H,14-15,18,21-22H2,1-5H3;5-8,12-13,15,20,27-28,54H,11,14,16-18H2,1-4H3/t26-;20-,27+,28-/m11/s1. The summed E-state index contributed by atoms with van der Waals surface area (Å²) in [4.78, 5) is 37.8. The molecule has 110 heavy (non-hydrogen) atoms. The Balaban J connectivity index is 0.000000205. The number of pyridine rings is 2. The zero-order chi connectivity index (χ0) is 80.0. The molecule has 1 fully saturated rings.